The highest BCUT2D eigenvalue weighted by Gasteiger charge is 2.33. The predicted molar refractivity (Wildman–Crippen MR) is 190 cm³/mol. The summed E-state index contributed by atoms with van der Waals surface area (Å²) in [6, 6.07) is 15.8. The van der Waals surface area contributed by atoms with Gasteiger partial charge in [0.1, 0.15) is 12.4 Å². The fraction of sp³-hybridized carbons (Fsp3) is 0.514. The van der Waals surface area contributed by atoms with Crippen LogP contribution in [0.3, 0.4) is 0 Å². The van der Waals surface area contributed by atoms with Gasteiger partial charge in [-0.25, -0.2) is 0 Å². The Morgan fingerprint density at radius 1 is 1.06 bits per heavy atom. The second-order valence-electron chi connectivity index (χ2n) is 13.6. The maximum Gasteiger partial charge on any atom is 0.318 e. The lowest BCUT2D eigenvalue weighted by molar-refractivity contribution is -0.128. The summed E-state index contributed by atoms with van der Waals surface area (Å²) in [5.41, 5.74) is 3.18. The van der Waals surface area contributed by atoms with E-state index in [0.29, 0.717) is 57.4 Å². The van der Waals surface area contributed by atoms with Gasteiger partial charge in [0.05, 0.1) is 35.8 Å². The van der Waals surface area contributed by atoms with Gasteiger partial charge in [-0.15, -0.1) is 0 Å². The molecule has 2 aromatic carbocycles. The fourth-order valence-electron chi connectivity index (χ4n) is 7.42. The van der Waals surface area contributed by atoms with E-state index in [4.69, 9.17) is 26.3 Å². The molecule has 252 valence electrons. The molecule has 7 rings (SSSR count). The number of amides is 1. The van der Waals surface area contributed by atoms with E-state index in [9.17, 15) is 10.1 Å². The Kier molecular flexibility index (Phi) is 9.98. The summed E-state index contributed by atoms with van der Waals surface area (Å²) >= 11 is 6.77. The first-order valence-corrected chi connectivity index (χ1v) is 17.8. The summed E-state index contributed by atoms with van der Waals surface area (Å²) in [5, 5.41) is 16.1. The minimum Gasteiger partial charge on any atom is -0.462 e. The molecule has 3 aliphatic heterocycles. The SMILES string of the molecule is CN1CCC[C@@H]1COc1nc2c(c(N3CCN(C(=O)/C=C/CNC4CC4)[C@@H](CC#N)C3)n1)CCCN(c1cccc3cccc(Cl)c13)C2. The van der Waals surface area contributed by atoms with Crippen molar-refractivity contribution >= 4 is 39.8 Å². The van der Waals surface area contributed by atoms with Gasteiger partial charge in [-0.3, -0.25) is 4.79 Å². The molecule has 4 heterocycles. The molecule has 1 N–H and O–H groups in total. The zero-order valence-corrected chi connectivity index (χ0v) is 28.5. The summed E-state index contributed by atoms with van der Waals surface area (Å²) in [5.74, 6) is 0.829. The van der Waals surface area contributed by atoms with Crippen LogP contribution in [0.15, 0.2) is 48.6 Å². The number of likely N-dealkylation sites (N-methyl/N-ethyl adjacent to an activating group) is 1. The molecule has 11 heteroatoms. The number of hydrogen-bond donors (Lipinski definition) is 1. The van der Waals surface area contributed by atoms with Crippen LogP contribution >= 0.6 is 11.6 Å². The Morgan fingerprint density at radius 2 is 1.92 bits per heavy atom. The quantitative estimate of drug-likeness (QED) is 0.301. The highest BCUT2D eigenvalue weighted by Crippen LogP contribution is 2.37. The van der Waals surface area contributed by atoms with Crippen LogP contribution in [0.25, 0.3) is 10.8 Å². The first-order chi connectivity index (χ1) is 23.5. The van der Waals surface area contributed by atoms with Crippen LogP contribution in [0.4, 0.5) is 11.5 Å². The second-order valence-corrected chi connectivity index (χ2v) is 14.0. The zero-order valence-electron chi connectivity index (χ0n) is 27.8. The number of anilines is 2. The number of hydrogen-bond acceptors (Lipinski definition) is 9. The van der Waals surface area contributed by atoms with Crippen molar-refractivity contribution < 1.29 is 9.53 Å². The van der Waals surface area contributed by atoms with E-state index in [-0.39, 0.29) is 18.4 Å². The predicted octanol–water partition coefficient (Wildman–Crippen LogP) is 4.95. The van der Waals surface area contributed by atoms with E-state index in [0.717, 1.165) is 70.9 Å². The summed E-state index contributed by atoms with van der Waals surface area (Å²) in [6.45, 7) is 5.44. The number of halogens is 1. The van der Waals surface area contributed by atoms with E-state index < -0.39 is 0 Å². The number of rotatable bonds is 10. The molecule has 2 atom stereocenters. The second kappa shape index (κ2) is 14.7. The number of ether oxygens (including phenoxy) is 1. The average molecular weight is 669 g/mol. The first kappa shape index (κ1) is 32.6. The first-order valence-electron chi connectivity index (χ1n) is 17.5. The number of nitrogens with zero attached hydrogens (tertiary/aromatic N) is 7. The van der Waals surface area contributed by atoms with Crippen LogP contribution in [0.2, 0.25) is 5.02 Å². The molecular formula is C37H45ClN8O2. The molecule has 48 heavy (non-hydrogen) atoms. The number of benzene rings is 2. The summed E-state index contributed by atoms with van der Waals surface area (Å²) < 4.78 is 6.38. The van der Waals surface area contributed by atoms with Gasteiger partial charge in [-0.2, -0.15) is 15.2 Å². The topological polar surface area (TPSA) is 101 Å². The molecule has 0 radical (unpaired) electrons. The average Bonchev–Trinajstić information content (AvgIpc) is 3.87. The number of nitrogens with one attached hydrogen (secondary N) is 1. The molecule has 1 amide bonds. The number of aromatic nitrogens is 2. The number of likely N-dealkylation sites (tertiary alicyclic amines) is 1. The van der Waals surface area contributed by atoms with E-state index in [1.165, 1.54) is 19.3 Å². The van der Waals surface area contributed by atoms with Crippen LogP contribution < -0.4 is 19.9 Å². The van der Waals surface area contributed by atoms with Crippen molar-refractivity contribution in [1.29, 1.82) is 5.26 Å². The van der Waals surface area contributed by atoms with Gasteiger partial charge in [0.2, 0.25) is 5.91 Å². The van der Waals surface area contributed by atoms with E-state index in [1.807, 2.05) is 23.1 Å². The fourth-order valence-corrected chi connectivity index (χ4v) is 7.69. The van der Waals surface area contributed by atoms with E-state index in [2.05, 4.69) is 57.4 Å². The maximum atomic E-state index is 13.3. The molecule has 3 fully saturated rings. The number of carbonyl (C=O) groups excluding carboxylic acids is 1. The Balaban J connectivity index is 1.17. The summed E-state index contributed by atoms with van der Waals surface area (Å²) in [6.07, 6.45) is 10.3. The maximum absolute atomic E-state index is 13.3. The molecule has 10 nitrogen and oxygen atoms in total. The Morgan fingerprint density at radius 3 is 2.71 bits per heavy atom. The third-order valence-corrected chi connectivity index (χ3v) is 10.6. The lowest BCUT2D eigenvalue weighted by atomic mass is 10.1. The number of fused-ring (bicyclic) bond motifs is 2. The van der Waals surface area contributed by atoms with Gasteiger partial charge in [0, 0.05) is 67.5 Å². The van der Waals surface area contributed by atoms with Crippen LogP contribution in [0.5, 0.6) is 6.01 Å². The van der Waals surface area contributed by atoms with Crippen LogP contribution in [-0.2, 0) is 17.8 Å². The highest BCUT2D eigenvalue weighted by atomic mass is 35.5. The van der Waals surface area contributed by atoms with Gasteiger partial charge >= 0.3 is 6.01 Å². The van der Waals surface area contributed by atoms with Gasteiger partial charge in [-0.1, -0.05) is 41.9 Å². The summed E-state index contributed by atoms with van der Waals surface area (Å²) in [4.78, 5) is 32.2. The normalized spacial score (nSPS) is 21.8. The third kappa shape index (κ3) is 7.24. The van der Waals surface area contributed by atoms with Gasteiger partial charge in [0.25, 0.3) is 0 Å². The molecule has 1 aliphatic carbocycles. The molecule has 0 spiro atoms. The summed E-state index contributed by atoms with van der Waals surface area (Å²) in [7, 11) is 2.15. The zero-order chi connectivity index (χ0) is 33.0. The lowest BCUT2D eigenvalue weighted by Gasteiger charge is -2.41. The van der Waals surface area contributed by atoms with Gasteiger partial charge in [0.15, 0.2) is 0 Å². The van der Waals surface area contributed by atoms with Crippen molar-refractivity contribution in [1.82, 2.24) is 25.1 Å². The third-order valence-electron chi connectivity index (χ3n) is 10.2. The van der Waals surface area contributed by atoms with Crippen molar-refractivity contribution in [2.24, 2.45) is 0 Å². The van der Waals surface area contributed by atoms with Gasteiger partial charge < -0.3 is 29.7 Å². The van der Waals surface area contributed by atoms with Crippen molar-refractivity contribution in [3.63, 3.8) is 0 Å². The molecule has 1 aromatic heterocycles. The number of piperazine rings is 1. The lowest BCUT2D eigenvalue weighted by Crippen LogP contribution is -2.55. The van der Waals surface area contributed by atoms with Crippen molar-refractivity contribution in [3.05, 3.63) is 64.8 Å². The minimum atomic E-state index is -0.237. The minimum absolute atomic E-state index is 0.0388. The molecule has 1 saturated carbocycles. The molecule has 0 bridgehead atoms. The molecule has 0 unspecified atom stereocenters. The number of nitriles is 1. The van der Waals surface area contributed by atoms with Crippen LogP contribution in [-0.4, -0.2) is 96.7 Å². The van der Waals surface area contributed by atoms with Crippen molar-refractivity contribution in [3.8, 4) is 12.1 Å². The van der Waals surface area contributed by atoms with E-state index >= 15 is 0 Å². The molecular weight excluding hydrogens is 624 g/mol. The number of carbonyl (C=O) groups is 1. The Bertz CT molecular complexity index is 1700. The molecule has 4 aliphatic rings. The molecule has 3 aromatic rings. The monoisotopic (exact) mass is 668 g/mol. The standard InChI is InChI=1S/C37H45ClN8O2/c1-43-19-5-9-29(43)25-48-37-41-32-24-44(33-12-3-8-26-7-2-11-31(38)35(26)33)20-6-10-30(32)36(42-37)45-21-22-46(28(23-45)16-17-39)34(47)13-4-18-40-27-14-15-27/h2-4,7-8,11-13,27-29,40H,5-6,9-10,14-16,18-25H2,1H3/b13-4+/t28-,29+/m0/s1. The smallest absolute Gasteiger partial charge is 0.318 e. The van der Waals surface area contributed by atoms with Crippen LogP contribution in [0.1, 0.15) is 49.8 Å². The molecule has 2 saturated heterocycles. The van der Waals surface area contributed by atoms with E-state index in [1.54, 1.807) is 6.08 Å². The Hall–Kier alpha value is -3.91. The van der Waals surface area contributed by atoms with Crippen molar-refractivity contribution in [2.75, 3.05) is 62.7 Å². The largest absolute Gasteiger partial charge is 0.462 e. The van der Waals surface area contributed by atoms with Crippen LogP contribution in [0, 0.1) is 11.3 Å². The van der Waals surface area contributed by atoms with Gasteiger partial charge in [-0.05, 0) is 69.6 Å². The van der Waals surface area contributed by atoms with Crippen molar-refractivity contribution in [2.45, 2.75) is 69.6 Å². The highest BCUT2D eigenvalue weighted by molar-refractivity contribution is 6.36. The Labute approximate surface area is 288 Å².